The summed E-state index contributed by atoms with van der Waals surface area (Å²) in [5.41, 5.74) is 0. The average molecular weight is 790 g/mol. The number of carboxylic acids is 1. The van der Waals surface area contributed by atoms with E-state index < -0.39 is 18.1 Å². The van der Waals surface area contributed by atoms with Crippen molar-refractivity contribution in [2.24, 2.45) is 0 Å². The van der Waals surface area contributed by atoms with E-state index in [9.17, 15) is 19.5 Å². The van der Waals surface area contributed by atoms with E-state index >= 15 is 0 Å². The van der Waals surface area contributed by atoms with Gasteiger partial charge in [0.25, 0.3) is 0 Å². The molecule has 0 spiro atoms. The molecule has 8 heteroatoms. The van der Waals surface area contributed by atoms with Crippen molar-refractivity contribution < 1.29 is 38.2 Å². The van der Waals surface area contributed by atoms with E-state index in [0.29, 0.717) is 12.8 Å². The minimum absolute atomic E-state index is 0.0391. The normalized spacial score (nSPS) is 13.2. The Morgan fingerprint density at radius 1 is 0.554 bits per heavy atom. The highest BCUT2D eigenvalue weighted by atomic mass is 16.6. The Morgan fingerprint density at radius 2 is 1.00 bits per heavy atom. The molecule has 0 amide bonds. The third-order valence-corrected chi connectivity index (χ3v) is 10.3. The van der Waals surface area contributed by atoms with Crippen molar-refractivity contribution in [1.29, 1.82) is 0 Å². The largest absolute Gasteiger partial charge is 0.544 e. The van der Waals surface area contributed by atoms with Crippen LogP contribution in [0.3, 0.4) is 0 Å². The number of likely N-dealkylation sites (N-methyl/N-ethyl adjacent to an activating group) is 1. The van der Waals surface area contributed by atoms with Crippen molar-refractivity contribution in [1.82, 2.24) is 0 Å². The van der Waals surface area contributed by atoms with Crippen molar-refractivity contribution in [3.63, 3.8) is 0 Å². The fourth-order valence-electron chi connectivity index (χ4n) is 6.73. The molecule has 0 aliphatic heterocycles. The second kappa shape index (κ2) is 39.4. The maximum atomic E-state index is 12.7. The zero-order valence-corrected chi connectivity index (χ0v) is 37.1. The van der Waals surface area contributed by atoms with Crippen molar-refractivity contribution in [2.45, 2.75) is 212 Å². The number of carbonyl (C=O) groups excluding carboxylic acids is 3. The fourth-order valence-corrected chi connectivity index (χ4v) is 6.73. The van der Waals surface area contributed by atoms with Gasteiger partial charge in [-0.3, -0.25) is 9.59 Å². The lowest BCUT2D eigenvalue weighted by atomic mass is 10.0. The molecule has 8 nitrogen and oxygen atoms in total. The highest BCUT2D eigenvalue weighted by Gasteiger charge is 2.25. The number of rotatable bonds is 41. The van der Waals surface area contributed by atoms with Crippen LogP contribution in [0.1, 0.15) is 200 Å². The van der Waals surface area contributed by atoms with Gasteiger partial charge in [0, 0.05) is 19.3 Å². The van der Waals surface area contributed by atoms with Gasteiger partial charge >= 0.3 is 11.9 Å². The number of quaternary nitrogens is 1. The summed E-state index contributed by atoms with van der Waals surface area (Å²) in [5.74, 6) is -1.74. The first-order valence-electron chi connectivity index (χ1n) is 23.0. The number of esters is 2. The van der Waals surface area contributed by atoms with E-state index in [2.05, 4.69) is 50.3 Å². The standard InChI is InChI=1S/C48H87NO7/c1-6-8-10-12-14-16-18-20-22-24-26-28-30-32-34-36-38-46(50)55-43-44(42-54-41-40-45(48(52)53)49(3,4)5)56-47(51)39-37-35-33-31-29-27-25-23-21-19-17-15-13-11-9-7-2/h8,10,14,16,20,22,44-45H,6-7,9,11-13,15,17-19,21,23-43H2,1-5H3/b10-8+,16-14+,22-20+. The van der Waals surface area contributed by atoms with Crippen LogP contribution in [-0.4, -0.2) is 75.5 Å². The molecule has 0 aliphatic rings. The Bertz CT molecular complexity index is 1020. The van der Waals surface area contributed by atoms with Crippen LogP contribution < -0.4 is 5.11 Å². The number of carbonyl (C=O) groups is 3. The van der Waals surface area contributed by atoms with Gasteiger partial charge in [0.05, 0.1) is 40.3 Å². The number of allylic oxidation sites excluding steroid dienone is 6. The molecule has 2 unspecified atom stereocenters. The van der Waals surface area contributed by atoms with Gasteiger partial charge in [0.1, 0.15) is 12.6 Å². The van der Waals surface area contributed by atoms with Gasteiger partial charge in [-0.15, -0.1) is 0 Å². The Morgan fingerprint density at radius 3 is 1.48 bits per heavy atom. The number of ether oxygens (including phenoxy) is 3. The van der Waals surface area contributed by atoms with Gasteiger partial charge in [0.15, 0.2) is 6.10 Å². The molecule has 0 radical (unpaired) electrons. The molecule has 0 aromatic rings. The van der Waals surface area contributed by atoms with Crippen molar-refractivity contribution in [3.05, 3.63) is 36.5 Å². The summed E-state index contributed by atoms with van der Waals surface area (Å²) >= 11 is 0. The number of hydrogen-bond donors (Lipinski definition) is 0. The lowest BCUT2D eigenvalue weighted by molar-refractivity contribution is -0.889. The fraction of sp³-hybridized carbons (Fsp3) is 0.812. The van der Waals surface area contributed by atoms with E-state index in [1.807, 2.05) is 0 Å². The van der Waals surface area contributed by atoms with Crippen LogP contribution in [0, 0.1) is 0 Å². The van der Waals surface area contributed by atoms with Crippen molar-refractivity contribution in [2.75, 3.05) is 41.0 Å². The summed E-state index contributed by atoms with van der Waals surface area (Å²) in [7, 11) is 5.41. The highest BCUT2D eigenvalue weighted by molar-refractivity contribution is 5.70. The summed E-state index contributed by atoms with van der Waals surface area (Å²) in [6.45, 7) is 4.55. The number of aliphatic carboxylic acids is 1. The molecule has 0 fully saturated rings. The molecule has 0 aromatic heterocycles. The quantitative estimate of drug-likeness (QED) is 0.0263. The molecular weight excluding hydrogens is 703 g/mol. The van der Waals surface area contributed by atoms with E-state index in [4.69, 9.17) is 14.2 Å². The maximum Gasteiger partial charge on any atom is 0.306 e. The summed E-state index contributed by atoms with van der Waals surface area (Å²) in [4.78, 5) is 36.9. The first-order chi connectivity index (χ1) is 27.1. The Kier molecular flexibility index (Phi) is 37.7. The molecule has 0 N–H and O–H groups in total. The van der Waals surface area contributed by atoms with Crippen LogP contribution in [0.15, 0.2) is 36.5 Å². The average Bonchev–Trinajstić information content (AvgIpc) is 3.15. The lowest BCUT2D eigenvalue weighted by Gasteiger charge is -2.34. The predicted molar refractivity (Wildman–Crippen MR) is 231 cm³/mol. The van der Waals surface area contributed by atoms with Gasteiger partial charge < -0.3 is 28.6 Å². The zero-order chi connectivity index (χ0) is 41.4. The zero-order valence-electron chi connectivity index (χ0n) is 37.1. The minimum atomic E-state index is -1.13. The molecule has 326 valence electrons. The van der Waals surface area contributed by atoms with Crippen molar-refractivity contribution >= 4 is 17.9 Å². The third-order valence-electron chi connectivity index (χ3n) is 10.3. The summed E-state index contributed by atoms with van der Waals surface area (Å²) in [6.07, 6.45) is 44.5. The molecule has 0 heterocycles. The highest BCUT2D eigenvalue weighted by Crippen LogP contribution is 2.15. The molecule has 0 saturated heterocycles. The monoisotopic (exact) mass is 790 g/mol. The van der Waals surface area contributed by atoms with Crippen LogP contribution in [0.2, 0.25) is 0 Å². The summed E-state index contributed by atoms with van der Waals surface area (Å²) < 4.78 is 17.2. The molecule has 2 atom stereocenters. The molecule has 0 bridgehead atoms. The molecule has 0 aliphatic carbocycles. The number of nitrogens with zero attached hydrogens (tertiary/aromatic N) is 1. The first-order valence-corrected chi connectivity index (χ1v) is 23.0. The Hall–Kier alpha value is -2.45. The number of carboxylic acid groups (broad SMARTS) is 1. The van der Waals surface area contributed by atoms with Gasteiger partial charge in [-0.05, 0) is 44.9 Å². The van der Waals surface area contributed by atoms with Crippen LogP contribution in [-0.2, 0) is 28.6 Å². The van der Waals surface area contributed by atoms with Crippen LogP contribution in [0.5, 0.6) is 0 Å². The maximum absolute atomic E-state index is 12.7. The first kappa shape index (κ1) is 53.6. The summed E-state index contributed by atoms with van der Waals surface area (Å²) in [6, 6.07) is -0.726. The molecular formula is C48H87NO7. The Balaban J connectivity index is 4.32. The summed E-state index contributed by atoms with van der Waals surface area (Å²) in [5, 5.41) is 11.6. The van der Waals surface area contributed by atoms with E-state index in [-0.39, 0.29) is 42.7 Å². The van der Waals surface area contributed by atoms with Gasteiger partial charge in [-0.2, -0.15) is 0 Å². The number of hydrogen-bond acceptors (Lipinski definition) is 7. The van der Waals surface area contributed by atoms with Crippen LogP contribution in [0.25, 0.3) is 0 Å². The molecule has 56 heavy (non-hydrogen) atoms. The minimum Gasteiger partial charge on any atom is -0.544 e. The van der Waals surface area contributed by atoms with E-state index in [0.717, 1.165) is 70.6 Å². The number of unbranched alkanes of at least 4 members (excludes halogenated alkanes) is 21. The van der Waals surface area contributed by atoms with Gasteiger partial charge in [-0.25, -0.2) is 0 Å². The Labute approximate surface area is 344 Å². The van der Waals surface area contributed by atoms with Gasteiger partial charge in [0.2, 0.25) is 0 Å². The third kappa shape index (κ3) is 37.1. The van der Waals surface area contributed by atoms with E-state index in [1.54, 1.807) is 21.1 Å². The smallest absolute Gasteiger partial charge is 0.306 e. The molecule has 0 aromatic carbocycles. The van der Waals surface area contributed by atoms with Crippen LogP contribution >= 0.6 is 0 Å². The SMILES string of the molecule is CC/C=C/C/C=C/C/C=C/CCCCCCCCC(=O)OCC(COCCC(C(=O)[O-])[N+](C)(C)C)OC(=O)CCCCCCCCCCCCCCCCCC. The predicted octanol–water partition coefficient (Wildman–Crippen LogP) is 11.3. The molecule has 0 saturated carbocycles. The second-order valence-electron chi connectivity index (χ2n) is 16.6. The second-order valence-corrected chi connectivity index (χ2v) is 16.6. The topological polar surface area (TPSA) is 102 Å². The van der Waals surface area contributed by atoms with Gasteiger partial charge in [-0.1, -0.05) is 172 Å². The molecule has 0 rings (SSSR count). The lowest BCUT2D eigenvalue weighted by Crippen LogP contribution is -2.55. The van der Waals surface area contributed by atoms with E-state index in [1.165, 1.54) is 96.3 Å². The van der Waals surface area contributed by atoms with Crippen molar-refractivity contribution in [3.8, 4) is 0 Å². The van der Waals surface area contributed by atoms with Crippen LogP contribution in [0.4, 0.5) is 0 Å².